The van der Waals surface area contributed by atoms with E-state index in [2.05, 4.69) is 0 Å². The van der Waals surface area contributed by atoms with Crippen LogP contribution in [0, 0.1) is 0 Å². The molecule has 13 heavy (non-hydrogen) atoms. The van der Waals surface area contributed by atoms with Gasteiger partial charge >= 0.3 is 0 Å². The number of nitrogens with two attached hydrogens (primary N) is 1. The fourth-order valence-electron chi connectivity index (χ4n) is 1.11. The van der Waals surface area contributed by atoms with Gasteiger partial charge in [0, 0.05) is 0 Å². The predicted octanol–water partition coefficient (Wildman–Crippen LogP) is 0.905. The van der Waals surface area contributed by atoms with Crippen molar-refractivity contribution in [1.82, 2.24) is 0 Å². The summed E-state index contributed by atoms with van der Waals surface area (Å²) in [6, 6.07) is 7.75. The normalized spacial score (nSPS) is 12.5. The first-order chi connectivity index (χ1) is 6.22. The average Bonchev–Trinajstić information content (AvgIpc) is 2.15. The van der Waals surface area contributed by atoms with Gasteiger partial charge in [-0.25, -0.2) is 0 Å². The van der Waals surface area contributed by atoms with Gasteiger partial charge in [-0.3, -0.25) is 0 Å². The molecular formula is C10H15NO2. The van der Waals surface area contributed by atoms with E-state index >= 15 is 0 Å². The molecule has 3 heteroatoms. The molecule has 3 nitrogen and oxygen atoms in total. The molecule has 3 N–H and O–H groups in total. The number of hydrogen-bond donors (Lipinski definition) is 2. The Morgan fingerprint density at radius 1 is 1.38 bits per heavy atom. The maximum Gasteiger partial charge on any atom is 0.118 e. The number of ether oxygens (including phenoxy) is 1. The number of benzene rings is 1. The average molecular weight is 181 g/mol. The lowest BCUT2D eigenvalue weighted by molar-refractivity contribution is 0.172. The maximum absolute atomic E-state index is 8.87. The monoisotopic (exact) mass is 181 g/mol. The van der Waals surface area contributed by atoms with E-state index in [0.717, 1.165) is 17.7 Å². The molecule has 72 valence electrons. The zero-order chi connectivity index (χ0) is 9.68. The van der Waals surface area contributed by atoms with E-state index in [4.69, 9.17) is 15.6 Å². The van der Waals surface area contributed by atoms with Crippen molar-refractivity contribution in [2.24, 2.45) is 5.73 Å². The first-order valence-corrected chi connectivity index (χ1v) is 4.29. The maximum atomic E-state index is 8.87. The molecule has 0 fully saturated rings. The Labute approximate surface area is 78.1 Å². The zero-order valence-corrected chi connectivity index (χ0v) is 7.73. The SMILES string of the molecule is COc1ccc(CCC(N)O)cc1. The second kappa shape index (κ2) is 4.84. The van der Waals surface area contributed by atoms with Crippen molar-refractivity contribution in [2.75, 3.05) is 7.11 Å². The topological polar surface area (TPSA) is 55.5 Å². The van der Waals surface area contributed by atoms with Gasteiger partial charge in [-0.15, -0.1) is 0 Å². The highest BCUT2D eigenvalue weighted by atomic mass is 16.5. The van der Waals surface area contributed by atoms with Crippen LogP contribution in [0.25, 0.3) is 0 Å². The number of hydrogen-bond acceptors (Lipinski definition) is 3. The molecule has 1 aromatic rings. The van der Waals surface area contributed by atoms with Crippen molar-refractivity contribution >= 4 is 0 Å². The quantitative estimate of drug-likeness (QED) is 0.679. The lowest BCUT2D eigenvalue weighted by atomic mass is 10.1. The molecule has 0 bridgehead atoms. The summed E-state index contributed by atoms with van der Waals surface area (Å²) >= 11 is 0. The third-order valence-corrected chi connectivity index (χ3v) is 1.89. The molecular weight excluding hydrogens is 166 g/mol. The summed E-state index contributed by atoms with van der Waals surface area (Å²) in [5.74, 6) is 0.844. The molecule has 0 aliphatic heterocycles. The third kappa shape index (κ3) is 3.44. The number of aliphatic hydroxyl groups is 1. The van der Waals surface area contributed by atoms with E-state index in [0.29, 0.717) is 6.42 Å². The van der Waals surface area contributed by atoms with Gasteiger partial charge in [0.2, 0.25) is 0 Å². The van der Waals surface area contributed by atoms with Crippen LogP contribution in [-0.2, 0) is 6.42 Å². The minimum Gasteiger partial charge on any atom is -0.497 e. The van der Waals surface area contributed by atoms with Gasteiger partial charge < -0.3 is 15.6 Å². The number of aliphatic hydroxyl groups excluding tert-OH is 1. The van der Waals surface area contributed by atoms with E-state index in [1.165, 1.54) is 0 Å². The van der Waals surface area contributed by atoms with Crippen LogP contribution in [0.2, 0.25) is 0 Å². The van der Waals surface area contributed by atoms with Crippen LogP contribution in [-0.4, -0.2) is 18.4 Å². The van der Waals surface area contributed by atoms with Crippen molar-refractivity contribution in [3.8, 4) is 5.75 Å². The highest BCUT2D eigenvalue weighted by Crippen LogP contribution is 2.12. The fourth-order valence-corrected chi connectivity index (χ4v) is 1.11. The largest absolute Gasteiger partial charge is 0.497 e. The van der Waals surface area contributed by atoms with Crippen LogP contribution in [0.15, 0.2) is 24.3 Å². The van der Waals surface area contributed by atoms with Crippen LogP contribution >= 0.6 is 0 Å². The van der Waals surface area contributed by atoms with Crippen molar-refractivity contribution in [2.45, 2.75) is 19.1 Å². The smallest absolute Gasteiger partial charge is 0.118 e. The van der Waals surface area contributed by atoms with Crippen molar-refractivity contribution in [1.29, 1.82) is 0 Å². The Kier molecular flexibility index (Phi) is 3.73. The first kappa shape index (κ1) is 10.0. The first-order valence-electron chi connectivity index (χ1n) is 4.29. The zero-order valence-electron chi connectivity index (χ0n) is 7.73. The van der Waals surface area contributed by atoms with Gasteiger partial charge in [0.05, 0.1) is 7.11 Å². The molecule has 0 heterocycles. The number of methoxy groups -OCH3 is 1. The second-order valence-corrected chi connectivity index (χ2v) is 2.95. The van der Waals surface area contributed by atoms with Crippen molar-refractivity contribution in [3.05, 3.63) is 29.8 Å². The van der Waals surface area contributed by atoms with Crippen LogP contribution in [0.4, 0.5) is 0 Å². The van der Waals surface area contributed by atoms with E-state index < -0.39 is 6.23 Å². The molecule has 0 aliphatic rings. The molecule has 1 rings (SSSR count). The van der Waals surface area contributed by atoms with Crippen molar-refractivity contribution < 1.29 is 9.84 Å². The summed E-state index contributed by atoms with van der Waals surface area (Å²) in [4.78, 5) is 0. The van der Waals surface area contributed by atoms with E-state index in [9.17, 15) is 0 Å². The molecule has 1 atom stereocenters. The Balaban J connectivity index is 2.49. The fraction of sp³-hybridized carbons (Fsp3) is 0.400. The van der Waals surface area contributed by atoms with Gasteiger partial charge in [0.15, 0.2) is 0 Å². The summed E-state index contributed by atoms with van der Waals surface area (Å²) < 4.78 is 5.02. The molecule has 0 amide bonds. The molecule has 0 radical (unpaired) electrons. The van der Waals surface area contributed by atoms with E-state index in [-0.39, 0.29) is 0 Å². The van der Waals surface area contributed by atoms with Gasteiger partial charge in [0.25, 0.3) is 0 Å². The molecule has 0 saturated heterocycles. The van der Waals surface area contributed by atoms with Gasteiger partial charge in [-0.2, -0.15) is 0 Å². The number of rotatable bonds is 4. The Morgan fingerprint density at radius 2 is 2.00 bits per heavy atom. The van der Waals surface area contributed by atoms with Crippen LogP contribution < -0.4 is 10.5 Å². The summed E-state index contributed by atoms with van der Waals surface area (Å²) in [5, 5.41) is 8.87. The highest BCUT2D eigenvalue weighted by molar-refractivity contribution is 5.27. The van der Waals surface area contributed by atoms with E-state index in [1.807, 2.05) is 24.3 Å². The van der Waals surface area contributed by atoms with Crippen LogP contribution in [0.3, 0.4) is 0 Å². The minimum atomic E-state index is -0.720. The number of aryl methyl sites for hydroxylation is 1. The lowest BCUT2D eigenvalue weighted by Crippen LogP contribution is -2.19. The Morgan fingerprint density at radius 3 is 2.46 bits per heavy atom. The molecule has 0 aliphatic carbocycles. The molecule has 0 aromatic heterocycles. The Bertz CT molecular complexity index is 244. The molecule has 1 aromatic carbocycles. The predicted molar refractivity (Wildman–Crippen MR) is 51.5 cm³/mol. The summed E-state index contributed by atoms with van der Waals surface area (Å²) in [6.07, 6.45) is 0.663. The second-order valence-electron chi connectivity index (χ2n) is 2.95. The van der Waals surface area contributed by atoms with E-state index in [1.54, 1.807) is 7.11 Å². The highest BCUT2D eigenvalue weighted by Gasteiger charge is 1.98. The molecule has 0 saturated carbocycles. The van der Waals surface area contributed by atoms with Gasteiger partial charge in [-0.1, -0.05) is 12.1 Å². The van der Waals surface area contributed by atoms with Crippen LogP contribution in [0.1, 0.15) is 12.0 Å². The summed E-state index contributed by atoms with van der Waals surface area (Å²) in [5.41, 5.74) is 6.38. The lowest BCUT2D eigenvalue weighted by Gasteiger charge is -2.05. The Hall–Kier alpha value is -1.06. The standard InChI is InChI=1S/C10H15NO2/c1-13-9-5-2-8(3-6-9)4-7-10(11)12/h2-3,5-6,10,12H,4,7,11H2,1H3. The van der Waals surface area contributed by atoms with Crippen LogP contribution in [0.5, 0.6) is 5.75 Å². The van der Waals surface area contributed by atoms with Gasteiger partial charge in [-0.05, 0) is 30.5 Å². The molecule has 0 spiro atoms. The van der Waals surface area contributed by atoms with Gasteiger partial charge in [0.1, 0.15) is 12.0 Å². The van der Waals surface area contributed by atoms with Crippen molar-refractivity contribution in [3.63, 3.8) is 0 Å². The third-order valence-electron chi connectivity index (χ3n) is 1.89. The summed E-state index contributed by atoms with van der Waals surface area (Å²) in [7, 11) is 1.64. The molecule has 1 unspecified atom stereocenters. The summed E-state index contributed by atoms with van der Waals surface area (Å²) in [6.45, 7) is 0. The minimum absolute atomic E-state index is 0.590.